The molecule has 0 unspecified atom stereocenters. The van der Waals surface area contributed by atoms with Gasteiger partial charge in [-0.1, -0.05) is 41.5 Å². The lowest BCUT2D eigenvalue weighted by molar-refractivity contribution is 0.0480. The third kappa shape index (κ3) is 8.05. The molecule has 7 heteroatoms. The first kappa shape index (κ1) is 30.6. The van der Waals surface area contributed by atoms with Gasteiger partial charge in [-0.15, -0.1) is 0 Å². The Morgan fingerprint density at radius 1 is 0.718 bits per heavy atom. The fraction of sp³-hybridized carbons (Fsp3) is 0.562. The zero-order chi connectivity index (χ0) is 28.4. The summed E-state index contributed by atoms with van der Waals surface area (Å²) in [6.45, 7) is 20.4. The molecule has 39 heavy (non-hydrogen) atoms. The van der Waals surface area contributed by atoms with E-state index in [9.17, 15) is 9.59 Å². The van der Waals surface area contributed by atoms with Gasteiger partial charge in [-0.05, 0) is 81.3 Å². The topological polar surface area (TPSA) is 64.0 Å². The molecule has 0 saturated carbocycles. The van der Waals surface area contributed by atoms with Crippen molar-refractivity contribution in [3.63, 3.8) is 0 Å². The minimum absolute atomic E-state index is 0.315. The van der Waals surface area contributed by atoms with E-state index in [4.69, 9.17) is 9.47 Å². The number of rotatable bonds is 16. The highest BCUT2D eigenvalue weighted by molar-refractivity contribution is 6.12. The summed E-state index contributed by atoms with van der Waals surface area (Å²) in [5.74, 6) is -0.190. The summed E-state index contributed by atoms with van der Waals surface area (Å²) in [5.41, 5.74) is 3.14. The molecule has 7 nitrogen and oxygen atoms in total. The second-order valence-corrected chi connectivity index (χ2v) is 10.5. The summed E-state index contributed by atoms with van der Waals surface area (Å²) in [4.78, 5) is 30.4. The highest BCUT2D eigenvalue weighted by Gasteiger charge is 2.18. The average molecular weight is 538 g/mol. The van der Waals surface area contributed by atoms with Crippen molar-refractivity contribution in [2.75, 3.05) is 52.5 Å². The Hall–Kier alpha value is -2.90. The number of carbonyl (C=O) groups is 2. The van der Waals surface area contributed by atoms with E-state index < -0.39 is 0 Å². The molecule has 0 spiro atoms. The van der Waals surface area contributed by atoms with Gasteiger partial charge in [0.05, 0.1) is 24.3 Å². The number of hydrogen-bond acceptors (Lipinski definition) is 6. The largest absolute Gasteiger partial charge is 0.462 e. The third-order valence-corrected chi connectivity index (χ3v) is 7.38. The maximum atomic E-state index is 12.9. The minimum atomic E-state index is -0.315. The van der Waals surface area contributed by atoms with Crippen molar-refractivity contribution in [3.05, 3.63) is 47.5 Å². The molecule has 0 aliphatic carbocycles. The van der Waals surface area contributed by atoms with E-state index in [-0.39, 0.29) is 11.9 Å². The predicted molar refractivity (Wildman–Crippen MR) is 160 cm³/mol. The highest BCUT2D eigenvalue weighted by atomic mass is 16.5. The van der Waals surface area contributed by atoms with E-state index in [2.05, 4.69) is 55.9 Å². The molecule has 0 atom stereocenters. The fourth-order valence-electron chi connectivity index (χ4n) is 5.07. The molecule has 1 heterocycles. The van der Waals surface area contributed by atoms with Crippen molar-refractivity contribution < 1.29 is 19.1 Å². The van der Waals surface area contributed by atoms with Crippen LogP contribution in [-0.4, -0.2) is 78.8 Å². The summed E-state index contributed by atoms with van der Waals surface area (Å²) < 4.78 is 13.5. The van der Waals surface area contributed by atoms with E-state index in [0.717, 1.165) is 80.5 Å². The first-order valence-corrected chi connectivity index (χ1v) is 14.7. The molecule has 0 saturated heterocycles. The van der Waals surface area contributed by atoms with Crippen molar-refractivity contribution in [2.45, 2.75) is 60.9 Å². The Kier molecular flexibility index (Phi) is 11.8. The Balaban J connectivity index is 1.81. The zero-order valence-corrected chi connectivity index (χ0v) is 24.8. The quantitative estimate of drug-likeness (QED) is 0.159. The Labute approximate surface area is 234 Å². The lowest BCUT2D eigenvalue weighted by Crippen LogP contribution is -2.25. The van der Waals surface area contributed by atoms with Crippen molar-refractivity contribution in [2.24, 2.45) is 5.92 Å². The van der Waals surface area contributed by atoms with Crippen LogP contribution >= 0.6 is 0 Å². The second-order valence-electron chi connectivity index (χ2n) is 10.5. The standard InChI is InChI=1S/C32H47N3O4/c1-7-33(8-2)17-11-19-38-31(36)25-13-15-29-27(21-25)28-22-26(14-16-30(28)35(29)23-24(5)6)32(37)39-20-12-18-34(9-3)10-4/h13-16,21-22,24H,7-12,17-20,23H2,1-6H3. The molecule has 1 aromatic heterocycles. The minimum Gasteiger partial charge on any atom is -0.462 e. The van der Waals surface area contributed by atoms with Crippen molar-refractivity contribution in [3.8, 4) is 0 Å². The number of hydrogen-bond donors (Lipinski definition) is 0. The van der Waals surface area contributed by atoms with Gasteiger partial charge in [-0.25, -0.2) is 9.59 Å². The Bertz CT molecular complexity index is 1140. The van der Waals surface area contributed by atoms with Crippen LogP contribution in [0.5, 0.6) is 0 Å². The van der Waals surface area contributed by atoms with Gasteiger partial charge >= 0.3 is 11.9 Å². The molecular weight excluding hydrogens is 490 g/mol. The lowest BCUT2D eigenvalue weighted by Gasteiger charge is -2.17. The smallest absolute Gasteiger partial charge is 0.338 e. The number of nitrogens with zero attached hydrogens (tertiary/aromatic N) is 3. The van der Waals surface area contributed by atoms with Crippen LogP contribution in [0, 0.1) is 5.92 Å². The molecule has 0 aliphatic rings. The second kappa shape index (κ2) is 15.0. The Morgan fingerprint density at radius 3 is 1.49 bits per heavy atom. The molecule has 214 valence electrons. The molecule has 3 aromatic rings. The van der Waals surface area contributed by atoms with E-state index in [1.165, 1.54) is 0 Å². The monoisotopic (exact) mass is 537 g/mol. The summed E-state index contributed by atoms with van der Waals surface area (Å²) in [5, 5.41) is 1.89. The lowest BCUT2D eigenvalue weighted by atomic mass is 10.1. The van der Waals surface area contributed by atoms with Crippen LogP contribution in [0.3, 0.4) is 0 Å². The summed E-state index contributed by atoms with van der Waals surface area (Å²) in [6.07, 6.45) is 1.62. The van der Waals surface area contributed by atoms with Crippen LogP contribution in [-0.2, 0) is 16.0 Å². The maximum absolute atomic E-state index is 12.9. The fourth-order valence-corrected chi connectivity index (χ4v) is 5.07. The molecule has 0 aliphatic heterocycles. The van der Waals surface area contributed by atoms with Crippen LogP contribution in [0.4, 0.5) is 0 Å². The molecule has 0 amide bonds. The molecule has 0 bridgehead atoms. The number of benzene rings is 2. The van der Waals surface area contributed by atoms with E-state index >= 15 is 0 Å². The summed E-state index contributed by atoms with van der Waals surface area (Å²) >= 11 is 0. The van der Waals surface area contributed by atoms with E-state index in [0.29, 0.717) is 30.3 Å². The van der Waals surface area contributed by atoms with Crippen molar-refractivity contribution >= 4 is 33.7 Å². The predicted octanol–water partition coefficient (Wildman–Crippen LogP) is 6.23. The molecular formula is C32H47N3O4. The van der Waals surface area contributed by atoms with Gasteiger partial charge in [0.2, 0.25) is 0 Å². The molecule has 3 rings (SSSR count). The van der Waals surface area contributed by atoms with Crippen LogP contribution in [0.15, 0.2) is 36.4 Å². The number of esters is 2. The first-order valence-electron chi connectivity index (χ1n) is 14.7. The normalized spacial score (nSPS) is 11.8. The average Bonchev–Trinajstić information content (AvgIpc) is 3.24. The van der Waals surface area contributed by atoms with Gasteiger partial charge in [-0.2, -0.15) is 0 Å². The summed E-state index contributed by atoms with van der Waals surface area (Å²) in [6, 6.07) is 11.5. The zero-order valence-electron chi connectivity index (χ0n) is 24.8. The maximum Gasteiger partial charge on any atom is 0.338 e. The molecule has 0 N–H and O–H groups in total. The molecule has 2 aromatic carbocycles. The van der Waals surface area contributed by atoms with Crippen molar-refractivity contribution in [1.82, 2.24) is 14.4 Å². The van der Waals surface area contributed by atoms with Gasteiger partial charge < -0.3 is 23.8 Å². The van der Waals surface area contributed by atoms with Gasteiger partial charge in [0, 0.05) is 41.4 Å². The van der Waals surface area contributed by atoms with Crippen LogP contribution in [0.2, 0.25) is 0 Å². The van der Waals surface area contributed by atoms with Crippen LogP contribution < -0.4 is 0 Å². The number of carbonyl (C=O) groups excluding carboxylic acids is 2. The molecule has 0 radical (unpaired) electrons. The summed E-state index contributed by atoms with van der Waals surface area (Å²) in [7, 11) is 0. The van der Waals surface area contributed by atoms with Crippen LogP contribution in [0.25, 0.3) is 21.8 Å². The van der Waals surface area contributed by atoms with Gasteiger partial charge in [0.1, 0.15) is 0 Å². The SMILES string of the molecule is CCN(CC)CCCOC(=O)c1ccc2c(c1)c1cc(C(=O)OCCCN(CC)CC)ccc1n2CC(C)C. The molecule has 0 fully saturated rings. The number of aromatic nitrogens is 1. The van der Waals surface area contributed by atoms with Crippen molar-refractivity contribution in [1.29, 1.82) is 0 Å². The Morgan fingerprint density at radius 2 is 1.13 bits per heavy atom. The van der Waals surface area contributed by atoms with E-state index in [1.54, 1.807) is 0 Å². The third-order valence-electron chi connectivity index (χ3n) is 7.38. The number of ether oxygens (including phenoxy) is 2. The number of fused-ring (bicyclic) bond motifs is 3. The van der Waals surface area contributed by atoms with Gasteiger partial charge in [0.15, 0.2) is 0 Å². The van der Waals surface area contributed by atoms with Crippen LogP contribution in [0.1, 0.15) is 75.1 Å². The van der Waals surface area contributed by atoms with Gasteiger partial charge in [-0.3, -0.25) is 0 Å². The van der Waals surface area contributed by atoms with E-state index in [1.807, 2.05) is 36.4 Å². The first-order chi connectivity index (χ1) is 18.8. The van der Waals surface area contributed by atoms with Gasteiger partial charge in [0.25, 0.3) is 0 Å². The highest BCUT2D eigenvalue weighted by Crippen LogP contribution is 2.32.